The van der Waals surface area contributed by atoms with Crippen molar-refractivity contribution in [2.24, 2.45) is 0 Å². The van der Waals surface area contributed by atoms with Crippen LogP contribution < -0.4 is 20.3 Å². The molecule has 2 aliphatic rings. The normalized spacial score (nSPS) is 16.9. The fourth-order valence-electron chi connectivity index (χ4n) is 3.97. The van der Waals surface area contributed by atoms with Crippen LogP contribution in [0.25, 0.3) is 0 Å². The first-order chi connectivity index (χ1) is 13.8. The molecule has 1 saturated carbocycles. The summed E-state index contributed by atoms with van der Waals surface area (Å²) in [6, 6.07) is 16.8. The van der Waals surface area contributed by atoms with Crippen LogP contribution in [0.3, 0.4) is 0 Å². The van der Waals surface area contributed by atoms with Crippen LogP contribution in [-0.2, 0) is 6.54 Å². The Balaban J connectivity index is 1.22. The maximum Gasteiger partial charge on any atom is 0.171 e. The minimum atomic E-state index is 0.387. The summed E-state index contributed by atoms with van der Waals surface area (Å²) in [5.74, 6) is 0.939. The molecule has 0 amide bonds. The van der Waals surface area contributed by atoms with E-state index in [0.717, 1.165) is 18.0 Å². The lowest BCUT2D eigenvalue weighted by Crippen LogP contribution is -2.27. The number of ether oxygens (including phenoxy) is 1. The molecule has 0 radical (unpaired) electrons. The van der Waals surface area contributed by atoms with E-state index in [2.05, 4.69) is 39.8 Å². The lowest BCUT2D eigenvalue weighted by molar-refractivity contribution is 0.210. The van der Waals surface area contributed by atoms with Crippen LogP contribution in [0.1, 0.15) is 44.1 Å². The Kier molecular flexibility index (Phi) is 6.32. The van der Waals surface area contributed by atoms with E-state index in [1.54, 1.807) is 0 Å². The molecule has 5 heteroatoms. The molecule has 1 aliphatic carbocycles. The molecule has 1 saturated heterocycles. The van der Waals surface area contributed by atoms with Crippen molar-refractivity contribution in [3.05, 3.63) is 54.1 Å². The monoisotopic (exact) mass is 395 g/mol. The molecular formula is C23H29N3OS. The summed E-state index contributed by atoms with van der Waals surface area (Å²) in [5.41, 5.74) is 3.52. The van der Waals surface area contributed by atoms with Gasteiger partial charge in [0, 0.05) is 31.0 Å². The predicted molar refractivity (Wildman–Crippen MR) is 120 cm³/mol. The lowest BCUT2D eigenvalue weighted by Gasteiger charge is -2.18. The summed E-state index contributed by atoms with van der Waals surface area (Å²) < 4.78 is 6.01. The van der Waals surface area contributed by atoms with Crippen molar-refractivity contribution in [1.82, 2.24) is 5.32 Å². The predicted octanol–water partition coefficient (Wildman–Crippen LogP) is 5.09. The molecule has 0 bridgehead atoms. The number of anilines is 2. The highest BCUT2D eigenvalue weighted by Gasteiger charge is 2.16. The Labute approximate surface area is 173 Å². The third-order valence-corrected chi connectivity index (χ3v) is 5.82. The van der Waals surface area contributed by atoms with E-state index in [4.69, 9.17) is 17.0 Å². The van der Waals surface area contributed by atoms with Gasteiger partial charge >= 0.3 is 0 Å². The topological polar surface area (TPSA) is 36.5 Å². The molecular weight excluding hydrogens is 366 g/mol. The number of hydrogen-bond acceptors (Lipinski definition) is 3. The van der Waals surface area contributed by atoms with E-state index in [0.29, 0.717) is 11.2 Å². The first kappa shape index (κ1) is 19.1. The van der Waals surface area contributed by atoms with Crippen LogP contribution in [0.2, 0.25) is 0 Å². The Morgan fingerprint density at radius 1 is 0.929 bits per heavy atom. The number of nitrogens with one attached hydrogen (secondary N) is 2. The number of rotatable bonds is 6. The van der Waals surface area contributed by atoms with Crippen LogP contribution in [0.5, 0.6) is 5.75 Å². The smallest absolute Gasteiger partial charge is 0.171 e. The van der Waals surface area contributed by atoms with Crippen molar-refractivity contribution < 1.29 is 4.74 Å². The van der Waals surface area contributed by atoms with Gasteiger partial charge in [0.25, 0.3) is 0 Å². The van der Waals surface area contributed by atoms with Gasteiger partial charge in [0.1, 0.15) is 5.75 Å². The summed E-state index contributed by atoms with van der Waals surface area (Å²) in [7, 11) is 0. The zero-order valence-corrected chi connectivity index (χ0v) is 17.1. The minimum Gasteiger partial charge on any atom is -0.490 e. The minimum absolute atomic E-state index is 0.387. The lowest BCUT2D eigenvalue weighted by atomic mass is 10.2. The summed E-state index contributed by atoms with van der Waals surface area (Å²) in [6.45, 7) is 3.07. The van der Waals surface area contributed by atoms with Gasteiger partial charge in [-0.25, -0.2) is 0 Å². The Hall–Kier alpha value is -2.27. The van der Waals surface area contributed by atoms with Gasteiger partial charge in [-0.05, 0) is 92.7 Å². The van der Waals surface area contributed by atoms with Gasteiger partial charge < -0.3 is 20.3 Å². The van der Waals surface area contributed by atoms with Crippen molar-refractivity contribution >= 4 is 28.7 Å². The van der Waals surface area contributed by atoms with Gasteiger partial charge in [-0.15, -0.1) is 0 Å². The first-order valence-corrected chi connectivity index (χ1v) is 10.8. The van der Waals surface area contributed by atoms with E-state index < -0.39 is 0 Å². The molecule has 1 heterocycles. The average Bonchev–Trinajstić information content (AvgIpc) is 3.43. The molecule has 2 aromatic carbocycles. The van der Waals surface area contributed by atoms with Gasteiger partial charge in [0.05, 0.1) is 6.10 Å². The third-order valence-electron chi connectivity index (χ3n) is 5.58. The van der Waals surface area contributed by atoms with Crippen LogP contribution in [-0.4, -0.2) is 24.3 Å². The highest BCUT2D eigenvalue weighted by molar-refractivity contribution is 7.80. The fourth-order valence-corrected chi connectivity index (χ4v) is 4.16. The largest absolute Gasteiger partial charge is 0.490 e. The van der Waals surface area contributed by atoms with Gasteiger partial charge in [0.15, 0.2) is 5.11 Å². The Bertz CT molecular complexity index is 763. The standard InChI is InChI=1S/C23H29N3OS/c28-23(24-17-18-7-11-20(12-8-18)26-15-3-4-16-26)25-19-9-13-22(14-10-19)27-21-5-1-2-6-21/h7-14,21H,1-6,15-17H2,(H2,24,25,28). The van der Waals surface area contributed by atoms with Gasteiger partial charge in [-0.3, -0.25) is 0 Å². The number of hydrogen-bond donors (Lipinski definition) is 2. The summed E-state index contributed by atoms with van der Waals surface area (Å²) in [6.07, 6.45) is 7.91. The number of benzene rings is 2. The quantitative estimate of drug-likeness (QED) is 0.666. The van der Waals surface area contributed by atoms with Crippen molar-refractivity contribution in [2.75, 3.05) is 23.3 Å². The van der Waals surface area contributed by atoms with E-state index in [9.17, 15) is 0 Å². The molecule has 4 rings (SSSR count). The average molecular weight is 396 g/mol. The molecule has 2 fully saturated rings. The van der Waals surface area contributed by atoms with Crippen LogP contribution in [0.15, 0.2) is 48.5 Å². The molecule has 148 valence electrons. The zero-order valence-electron chi connectivity index (χ0n) is 16.3. The van der Waals surface area contributed by atoms with Crippen molar-refractivity contribution in [1.29, 1.82) is 0 Å². The van der Waals surface area contributed by atoms with E-state index in [1.807, 2.05) is 24.3 Å². The maximum atomic E-state index is 6.01. The Morgan fingerprint density at radius 2 is 1.61 bits per heavy atom. The molecule has 1 aliphatic heterocycles. The number of thiocarbonyl (C=S) groups is 1. The van der Waals surface area contributed by atoms with E-state index >= 15 is 0 Å². The van der Waals surface area contributed by atoms with Crippen LogP contribution in [0.4, 0.5) is 11.4 Å². The highest BCUT2D eigenvalue weighted by atomic mass is 32.1. The second-order valence-electron chi connectivity index (χ2n) is 7.72. The summed E-state index contributed by atoms with van der Waals surface area (Å²) >= 11 is 5.44. The second kappa shape index (κ2) is 9.28. The highest BCUT2D eigenvalue weighted by Crippen LogP contribution is 2.25. The molecule has 0 aromatic heterocycles. The van der Waals surface area contributed by atoms with E-state index in [-0.39, 0.29) is 0 Å². The SMILES string of the molecule is S=C(NCc1ccc(N2CCCC2)cc1)Nc1ccc(OC2CCCC2)cc1. The van der Waals surface area contributed by atoms with Crippen molar-refractivity contribution in [2.45, 2.75) is 51.2 Å². The van der Waals surface area contributed by atoms with Gasteiger partial charge in [-0.1, -0.05) is 12.1 Å². The molecule has 0 unspecified atom stereocenters. The summed E-state index contributed by atoms with van der Waals surface area (Å²) in [4.78, 5) is 2.45. The molecule has 0 atom stereocenters. The second-order valence-corrected chi connectivity index (χ2v) is 8.13. The van der Waals surface area contributed by atoms with Crippen molar-refractivity contribution in [3.63, 3.8) is 0 Å². The molecule has 0 spiro atoms. The molecule has 28 heavy (non-hydrogen) atoms. The maximum absolute atomic E-state index is 6.01. The van der Waals surface area contributed by atoms with Gasteiger partial charge in [0.2, 0.25) is 0 Å². The summed E-state index contributed by atoms with van der Waals surface area (Å²) in [5, 5.41) is 7.16. The molecule has 2 aromatic rings. The molecule has 2 N–H and O–H groups in total. The van der Waals surface area contributed by atoms with E-state index in [1.165, 1.54) is 62.9 Å². The fraction of sp³-hybridized carbons (Fsp3) is 0.435. The third kappa shape index (κ3) is 5.16. The number of nitrogens with zero attached hydrogens (tertiary/aromatic N) is 1. The Morgan fingerprint density at radius 3 is 2.29 bits per heavy atom. The van der Waals surface area contributed by atoms with Crippen LogP contribution in [0, 0.1) is 0 Å². The molecule has 4 nitrogen and oxygen atoms in total. The van der Waals surface area contributed by atoms with Crippen molar-refractivity contribution in [3.8, 4) is 5.75 Å². The zero-order chi connectivity index (χ0) is 19.2. The van der Waals surface area contributed by atoms with Crippen LogP contribution >= 0.6 is 12.2 Å². The first-order valence-electron chi connectivity index (χ1n) is 10.4. The van der Waals surface area contributed by atoms with Gasteiger partial charge in [-0.2, -0.15) is 0 Å².